The molecule has 0 aromatic heterocycles. The van der Waals surface area contributed by atoms with E-state index in [1.165, 1.54) is 0 Å². The molecule has 0 amide bonds. The first-order chi connectivity index (χ1) is 6.59. The molecule has 0 saturated heterocycles. The maximum Gasteiger partial charge on any atom is 0.272 e. The normalized spacial score (nSPS) is 12.9. The lowest BCUT2D eigenvalue weighted by atomic mass is 10.1. The van der Waals surface area contributed by atoms with Crippen LogP contribution in [0.4, 0.5) is 8.78 Å². The molecular weight excluding hydrogens is 188 g/mol. The Kier molecular flexibility index (Phi) is 3.83. The van der Waals surface area contributed by atoms with Crippen LogP contribution in [0, 0.1) is 0 Å². The molecule has 1 atom stereocenters. The van der Waals surface area contributed by atoms with Crippen molar-refractivity contribution in [1.29, 1.82) is 0 Å². The summed E-state index contributed by atoms with van der Waals surface area (Å²) in [7, 11) is 0. The number of alkyl halides is 2. The van der Waals surface area contributed by atoms with Gasteiger partial charge >= 0.3 is 0 Å². The van der Waals surface area contributed by atoms with Gasteiger partial charge in [-0.05, 0) is 24.6 Å². The third-order valence-corrected chi connectivity index (χ3v) is 1.78. The van der Waals surface area contributed by atoms with Crippen molar-refractivity contribution in [3.63, 3.8) is 0 Å². The van der Waals surface area contributed by atoms with Gasteiger partial charge in [-0.25, -0.2) is 8.78 Å². The molecule has 4 heteroatoms. The third-order valence-electron chi connectivity index (χ3n) is 1.78. The highest BCUT2D eigenvalue weighted by Gasteiger charge is 2.04. The molecule has 0 radical (unpaired) electrons. The first kappa shape index (κ1) is 10.9. The molecule has 1 aromatic carbocycles. The lowest BCUT2D eigenvalue weighted by Crippen LogP contribution is -2.07. The number of hydrogen-bond acceptors (Lipinski definition) is 2. The zero-order chi connectivity index (χ0) is 10.6. The zero-order valence-corrected chi connectivity index (χ0v) is 7.91. The molecule has 2 N–H and O–H groups in total. The lowest BCUT2D eigenvalue weighted by Gasteiger charge is -2.08. The summed E-state index contributed by atoms with van der Waals surface area (Å²) >= 11 is 0. The quantitative estimate of drug-likeness (QED) is 0.811. The van der Waals surface area contributed by atoms with E-state index in [-0.39, 0.29) is 6.04 Å². The second-order valence-electron chi connectivity index (χ2n) is 3.06. The maximum atomic E-state index is 11.8. The van der Waals surface area contributed by atoms with Crippen molar-refractivity contribution in [2.75, 3.05) is 6.61 Å². The van der Waals surface area contributed by atoms with Crippen molar-refractivity contribution in [2.24, 2.45) is 5.73 Å². The highest BCUT2D eigenvalue weighted by atomic mass is 19.3. The maximum absolute atomic E-state index is 11.8. The van der Waals surface area contributed by atoms with Crippen LogP contribution >= 0.6 is 0 Å². The minimum atomic E-state index is -2.44. The fourth-order valence-corrected chi connectivity index (χ4v) is 1.03. The summed E-state index contributed by atoms with van der Waals surface area (Å²) in [5, 5.41) is 0. The SMILES string of the molecule is C[C@H](N)c1ccc(OCC(F)F)cc1. The first-order valence-corrected chi connectivity index (χ1v) is 4.36. The largest absolute Gasteiger partial charge is 0.488 e. The van der Waals surface area contributed by atoms with Gasteiger partial charge in [-0.1, -0.05) is 12.1 Å². The van der Waals surface area contributed by atoms with Gasteiger partial charge in [0.2, 0.25) is 0 Å². The fraction of sp³-hybridized carbons (Fsp3) is 0.400. The summed E-state index contributed by atoms with van der Waals surface area (Å²) in [6.45, 7) is 1.28. The van der Waals surface area contributed by atoms with E-state index in [1.54, 1.807) is 24.3 Å². The molecule has 0 aliphatic carbocycles. The smallest absolute Gasteiger partial charge is 0.272 e. The van der Waals surface area contributed by atoms with Crippen LogP contribution in [-0.4, -0.2) is 13.0 Å². The van der Waals surface area contributed by atoms with Gasteiger partial charge < -0.3 is 10.5 Å². The van der Waals surface area contributed by atoms with Gasteiger partial charge in [0.15, 0.2) is 0 Å². The van der Waals surface area contributed by atoms with Crippen molar-refractivity contribution >= 4 is 0 Å². The van der Waals surface area contributed by atoms with E-state index < -0.39 is 13.0 Å². The number of hydrogen-bond donors (Lipinski definition) is 1. The Morgan fingerprint density at radius 1 is 1.29 bits per heavy atom. The van der Waals surface area contributed by atoms with Crippen LogP contribution in [0.3, 0.4) is 0 Å². The summed E-state index contributed by atoms with van der Waals surface area (Å²) in [6.07, 6.45) is -2.44. The molecule has 2 nitrogen and oxygen atoms in total. The van der Waals surface area contributed by atoms with Crippen LogP contribution in [0.25, 0.3) is 0 Å². The predicted molar refractivity (Wildman–Crippen MR) is 50.5 cm³/mol. The molecule has 0 aliphatic heterocycles. The summed E-state index contributed by atoms with van der Waals surface area (Å²) in [4.78, 5) is 0. The van der Waals surface area contributed by atoms with Gasteiger partial charge in [0, 0.05) is 6.04 Å². The topological polar surface area (TPSA) is 35.2 Å². The van der Waals surface area contributed by atoms with E-state index in [1.807, 2.05) is 6.92 Å². The Balaban J connectivity index is 2.55. The molecule has 0 spiro atoms. The molecule has 0 saturated carbocycles. The van der Waals surface area contributed by atoms with Crippen molar-refractivity contribution in [3.05, 3.63) is 29.8 Å². The van der Waals surface area contributed by atoms with E-state index >= 15 is 0 Å². The number of benzene rings is 1. The van der Waals surface area contributed by atoms with Gasteiger partial charge in [0.25, 0.3) is 6.43 Å². The molecule has 1 rings (SSSR count). The summed E-state index contributed by atoms with van der Waals surface area (Å²) < 4.78 is 28.4. The first-order valence-electron chi connectivity index (χ1n) is 4.36. The van der Waals surface area contributed by atoms with Gasteiger partial charge in [0.1, 0.15) is 12.4 Å². The zero-order valence-electron chi connectivity index (χ0n) is 7.91. The summed E-state index contributed by atoms with van der Waals surface area (Å²) in [5.41, 5.74) is 6.58. The molecule has 0 heterocycles. The van der Waals surface area contributed by atoms with E-state index in [4.69, 9.17) is 10.5 Å². The highest BCUT2D eigenvalue weighted by Crippen LogP contribution is 2.16. The summed E-state index contributed by atoms with van der Waals surface area (Å²) in [5.74, 6) is 0.440. The molecular formula is C10H13F2NO. The standard InChI is InChI=1S/C10H13F2NO/c1-7(13)8-2-4-9(5-3-8)14-6-10(11)12/h2-5,7,10H,6,13H2,1H3/t7-/m0/s1. The minimum Gasteiger partial charge on any atom is -0.488 e. The molecule has 0 bridgehead atoms. The minimum absolute atomic E-state index is 0.0563. The Hall–Kier alpha value is -1.16. The highest BCUT2D eigenvalue weighted by molar-refractivity contribution is 5.28. The number of nitrogens with two attached hydrogens (primary N) is 1. The van der Waals surface area contributed by atoms with Crippen molar-refractivity contribution < 1.29 is 13.5 Å². The predicted octanol–water partition coefficient (Wildman–Crippen LogP) is 2.35. The van der Waals surface area contributed by atoms with Crippen LogP contribution in [0.5, 0.6) is 5.75 Å². The average molecular weight is 201 g/mol. The molecule has 1 aromatic rings. The monoisotopic (exact) mass is 201 g/mol. The summed E-state index contributed by atoms with van der Waals surface area (Å²) in [6, 6.07) is 6.76. The van der Waals surface area contributed by atoms with Crippen molar-refractivity contribution in [1.82, 2.24) is 0 Å². The number of ether oxygens (including phenoxy) is 1. The fourth-order valence-electron chi connectivity index (χ4n) is 1.03. The van der Waals surface area contributed by atoms with Gasteiger partial charge in [-0.3, -0.25) is 0 Å². The Morgan fingerprint density at radius 3 is 2.29 bits per heavy atom. The Labute approximate surface area is 81.7 Å². The van der Waals surface area contributed by atoms with Crippen LogP contribution in [0.1, 0.15) is 18.5 Å². The second-order valence-corrected chi connectivity index (χ2v) is 3.06. The van der Waals surface area contributed by atoms with Crippen LogP contribution in [0.15, 0.2) is 24.3 Å². The Morgan fingerprint density at radius 2 is 1.86 bits per heavy atom. The molecule has 78 valence electrons. The van der Waals surface area contributed by atoms with Crippen molar-refractivity contribution in [3.8, 4) is 5.75 Å². The van der Waals surface area contributed by atoms with Crippen LogP contribution in [0.2, 0.25) is 0 Å². The average Bonchev–Trinajstić information content (AvgIpc) is 2.15. The van der Waals surface area contributed by atoms with Gasteiger partial charge in [-0.2, -0.15) is 0 Å². The van der Waals surface area contributed by atoms with Crippen LogP contribution in [-0.2, 0) is 0 Å². The molecule has 14 heavy (non-hydrogen) atoms. The van der Waals surface area contributed by atoms with Gasteiger partial charge in [-0.15, -0.1) is 0 Å². The van der Waals surface area contributed by atoms with E-state index in [0.717, 1.165) is 5.56 Å². The Bertz CT molecular complexity index is 272. The van der Waals surface area contributed by atoms with Crippen molar-refractivity contribution in [2.45, 2.75) is 19.4 Å². The van der Waals surface area contributed by atoms with E-state index in [9.17, 15) is 8.78 Å². The molecule has 0 unspecified atom stereocenters. The third kappa shape index (κ3) is 3.30. The lowest BCUT2D eigenvalue weighted by molar-refractivity contribution is 0.0819. The van der Waals surface area contributed by atoms with E-state index in [0.29, 0.717) is 5.75 Å². The number of halogens is 2. The van der Waals surface area contributed by atoms with E-state index in [2.05, 4.69) is 0 Å². The van der Waals surface area contributed by atoms with Gasteiger partial charge in [0.05, 0.1) is 0 Å². The second kappa shape index (κ2) is 4.91. The van der Waals surface area contributed by atoms with Crippen LogP contribution < -0.4 is 10.5 Å². The number of rotatable bonds is 4. The molecule has 0 fully saturated rings. The molecule has 0 aliphatic rings.